The van der Waals surface area contributed by atoms with E-state index < -0.39 is 0 Å². The van der Waals surface area contributed by atoms with Gasteiger partial charge in [-0.1, -0.05) is 26.0 Å². The second-order valence-electron chi connectivity index (χ2n) is 6.39. The minimum absolute atomic E-state index is 0.0560. The van der Waals surface area contributed by atoms with Gasteiger partial charge in [0.1, 0.15) is 5.75 Å². The monoisotopic (exact) mass is 264 g/mol. The molecule has 0 aliphatic rings. The lowest BCUT2D eigenvalue weighted by Gasteiger charge is -2.33. The third-order valence-corrected chi connectivity index (χ3v) is 3.63. The van der Waals surface area contributed by atoms with Crippen molar-refractivity contribution in [2.45, 2.75) is 45.1 Å². The van der Waals surface area contributed by atoms with Crippen molar-refractivity contribution in [3.63, 3.8) is 0 Å². The Morgan fingerprint density at radius 2 is 1.89 bits per heavy atom. The summed E-state index contributed by atoms with van der Waals surface area (Å²) in [6.45, 7) is 10.5. The molecular weight excluding hydrogens is 236 g/mol. The first-order valence-corrected chi connectivity index (χ1v) is 6.90. The summed E-state index contributed by atoms with van der Waals surface area (Å²) in [6.07, 6.45) is 0.973. The first-order valence-electron chi connectivity index (χ1n) is 6.90. The number of methoxy groups -OCH3 is 1. The van der Waals surface area contributed by atoms with Crippen molar-refractivity contribution in [1.29, 1.82) is 0 Å². The van der Waals surface area contributed by atoms with Crippen molar-refractivity contribution in [2.75, 3.05) is 20.2 Å². The Balaban J connectivity index is 2.74. The van der Waals surface area contributed by atoms with Crippen LogP contribution in [0.5, 0.6) is 5.75 Å². The third kappa shape index (κ3) is 4.84. The molecule has 3 heteroatoms. The summed E-state index contributed by atoms with van der Waals surface area (Å²) in [4.78, 5) is 0. The van der Waals surface area contributed by atoms with E-state index in [1.165, 1.54) is 5.56 Å². The number of hydrogen-bond acceptors (Lipinski definition) is 3. The van der Waals surface area contributed by atoms with Gasteiger partial charge in [-0.3, -0.25) is 0 Å². The van der Waals surface area contributed by atoms with Crippen molar-refractivity contribution in [3.05, 3.63) is 29.8 Å². The summed E-state index contributed by atoms with van der Waals surface area (Å²) in [7, 11) is 1.70. The van der Waals surface area contributed by atoms with Gasteiger partial charge in [0.2, 0.25) is 0 Å². The van der Waals surface area contributed by atoms with Gasteiger partial charge in [0, 0.05) is 17.5 Å². The maximum absolute atomic E-state index is 5.65. The van der Waals surface area contributed by atoms with Crippen LogP contribution in [0.1, 0.15) is 39.7 Å². The zero-order chi connectivity index (χ0) is 14.5. The first kappa shape index (κ1) is 16.0. The fourth-order valence-electron chi connectivity index (χ4n) is 2.06. The fourth-order valence-corrected chi connectivity index (χ4v) is 2.06. The van der Waals surface area contributed by atoms with Gasteiger partial charge in [-0.2, -0.15) is 0 Å². The van der Waals surface area contributed by atoms with Crippen LogP contribution in [0.2, 0.25) is 0 Å². The number of nitrogens with one attached hydrogen (secondary N) is 1. The highest BCUT2D eigenvalue weighted by Crippen LogP contribution is 2.26. The van der Waals surface area contributed by atoms with Crippen LogP contribution in [0.25, 0.3) is 0 Å². The maximum Gasteiger partial charge on any atom is 0.119 e. The van der Waals surface area contributed by atoms with Crippen LogP contribution in [-0.2, 0) is 5.41 Å². The predicted octanol–water partition coefficient (Wildman–Crippen LogP) is 2.69. The molecule has 0 atom stereocenters. The zero-order valence-corrected chi connectivity index (χ0v) is 12.9. The molecular formula is C16H28N2O. The van der Waals surface area contributed by atoms with Gasteiger partial charge < -0.3 is 15.8 Å². The van der Waals surface area contributed by atoms with Gasteiger partial charge in [-0.15, -0.1) is 0 Å². The lowest BCUT2D eigenvalue weighted by Crippen LogP contribution is -2.46. The molecule has 0 amide bonds. The van der Waals surface area contributed by atoms with Crippen molar-refractivity contribution in [1.82, 2.24) is 5.32 Å². The molecule has 19 heavy (non-hydrogen) atoms. The van der Waals surface area contributed by atoms with E-state index in [4.69, 9.17) is 10.5 Å². The highest BCUT2D eigenvalue weighted by Gasteiger charge is 2.25. The lowest BCUT2D eigenvalue weighted by atomic mass is 9.83. The second kappa shape index (κ2) is 6.40. The molecule has 1 aromatic carbocycles. The van der Waals surface area contributed by atoms with Gasteiger partial charge in [-0.25, -0.2) is 0 Å². The van der Waals surface area contributed by atoms with Crippen molar-refractivity contribution in [3.8, 4) is 5.75 Å². The van der Waals surface area contributed by atoms with Crippen molar-refractivity contribution < 1.29 is 4.74 Å². The Morgan fingerprint density at radius 1 is 1.21 bits per heavy atom. The number of benzene rings is 1. The summed E-state index contributed by atoms with van der Waals surface area (Å²) in [5.74, 6) is 0.909. The molecule has 0 saturated heterocycles. The Bertz CT molecular complexity index is 399. The van der Waals surface area contributed by atoms with E-state index in [1.54, 1.807) is 7.11 Å². The summed E-state index contributed by atoms with van der Waals surface area (Å²) >= 11 is 0. The summed E-state index contributed by atoms with van der Waals surface area (Å²) in [5.41, 5.74) is 7.06. The van der Waals surface area contributed by atoms with Gasteiger partial charge in [0.15, 0.2) is 0 Å². The van der Waals surface area contributed by atoms with E-state index >= 15 is 0 Å². The first-order chi connectivity index (χ1) is 8.80. The number of nitrogens with two attached hydrogens (primary N) is 1. The van der Waals surface area contributed by atoms with Crippen molar-refractivity contribution >= 4 is 0 Å². The highest BCUT2D eigenvalue weighted by molar-refractivity contribution is 5.33. The maximum atomic E-state index is 5.65. The summed E-state index contributed by atoms with van der Waals surface area (Å²) in [6, 6.07) is 8.28. The van der Waals surface area contributed by atoms with Crippen LogP contribution >= 0.6 is 0 Å². The normalized spacial score (nSPS) is 12.5. The predicted molar refractivity (Wildman–Crippen MR) is 81.8 cm³/mol. The molecule has 0 spiro atoms. The minimum Gasteiger partial charge on any atom is -0.497 e. The van der Waals surface area contributed by atoms with E-state index in [-0.39, 0.29) is 11.0 Å². The molecule has 1 aromatic rings. The SMILES string of the molecule is COc1cccc(C(C)(C)CNC(C)(C)CCN)c1. The molecule has 0 fully saturated rings. The molecule has 3 N–H and O–H groups in total. The Labute approximate surface area is 117 Å². The molecule has 0 saturated carbocycles. The van der Waals surface area contributed by atoms with Gasteiger partial charge in [-0.05, 0) is 44.5 Å². The zero-order valence-electron chi connectivity index (χ0n) is 12.9. The van der Waals surface area contributed by atoms with Crippen LogP contribution in [0.3, 0.4) is 0 Å². The van der Waals surface area contributed by atoms with Crippen LogP contribution in [0, 0.1) is 0 Å². The average Bonchev–Trinajstić information content (AvgIpc) is 2.37. The Morgan fingerprint density at radius 3 is 2.47 bits per heavy atom. The molecule has 0 heterocycles. The van der Waals surface area contributed by atoms with Crippen LogP contribution in [-0.4, -0.2) is 25.7 Å². The van der Waals surface area contributed by atoms with Gasteiger partial charge >= 0.3 is 0 Å². The smallest absolute Gasteiger partial charge is 0.119 e. The summed E-state index contributed by atoms with van der Waals surface area (Å²) in [5, 5.41) is 3.62. The largest absolute Gasteiger partial charge is 0.497 e. The molecule has 0 radical (unpaired) electrons. The number of rotatable bonds is 7. The fraction of sp³-hybridized carbons (Fsp3) is 0.625. The molecule has 0 unspecified atom stereocenters. The third-order valence-electron chi connectivity index (χ3n) is 3.63. The summed E-state index contributed by atoms with van der Waals surface area (Å²) < 4.78 is 5.30. The lowest BCUT2D eigenvalue weighted by molar-refractivity contribution is 0.325. The van der Waals surface area contributed by atoms with E-state index in [9.17, 15) is 0 Å². The van der Waals surface area contributed by atoms with Crippen LogP contribution in [0.4, 0.5) is 0 Å². The number of ether oxygens (including phenoxy) is 1. The number of hydrogen-bond donors (Lipinski definition) is 2. The van der Waals surface area contributed by atoms with E-state index in [0.717, 1.165) is 18.7 Å². The highest BCUT2D eigenvalue weighted by atomic mass is 16.5. The molecule has 1 rings (SSSR count). The molecule has 0 bridgehead atoms. The second-order valence-corrected chi connectivity index (χ2v) is 6.39. The van der Waals surface area contributed by atoms with E-state index in [0.29, 0.717) is 6.54 Å². The standard InChI is InChI=1S/C16H28N2O/c1-15(2,12-18-16(3,4)9-10-17)13-7-6-8-14(11-13)19-5/h6-8,11,18H,9-10,12,17H2,1-5H3. The quantitative estimate of drug-likeness (QED) is 0.796. The molecule has 0 aromatic heterocycles. The van der Waals surface area contributed by atoms with Gasteiger partial charge in [0.05, 0.1) is 7.11 Å². The topological polar surface area (TPSA) is 47.3 Å². The Hall–Kier alpha value is -1.06. The van der Waals surface area contributed by atoms with E-state index in [1.807, 2.05) is 12.1 Å². The van der Waals surface area contributed by atoms with Crippen molar-refractivity contribution in [2.24, 2.45) is 5.73 Å². The molecule has 0 aliphatic heterocycles. The Kier molecular flexibility index (Phi) is 5.39. The minimum atomic E-state index is 0.0560. The van der Waals surface area contributed by atoms with E-state index in [2.05, 4.69) is 45.1 Å². The van der Waals surface area contributed by atoms with Crippen LogP contribution < -0.4 is 15.8 Å². The average molecular weight is 264 g/mol. The molecule has 3 nitrogen and oxygen atoms in total. The van der Waals surface area contributed by atoms with Crippen LogP contribution in [0.15, 0.2) is 24.3 Å². The molecule has 108 valence electrons. The van der Waals surface area contributed by atoms with Gasteiger partial charge in [0.25, 0.3) is 0 Å². The molecule has 0 aliphatic carbocycles.